The van der Waals surface area contributed by atoms with Gasteiger partial charge in [0.05, 0.1) is 0 Å². The van der Waals surface area contributed by atoms with Crippen LogP contribution in [0.4, 0.5) is 11.7 Å². The van der Waals surface area contributed by atoms with Crippen LogP contribution in [-0.2, 0) is 0 Å². The van der Waals surface area contributed by atoms with E-state index in [-0.39, 0.29) is 0 Å². The molecule has 1 aliphatic rings. The summed E-state index contributed by atoms with van der Waals surface area (Å²) in [5.41, 5.74) is 8.02. The third kappa shape index (κ3) is 3.04. The Hall–Kier alpha value is -1.75. The zero-order valence-electron chi connectivity index (χ0n) is 11.9. The number of hydrogen-bond acceptors (Lipinski definition) is 5. The molecule has 1 aliphatic heterocycles. The number of benzene rings is 1. The van der Waals surface area contributed by atoms with E-state index in [1.165, 1.54) is 25.9 Å². The van der Waals surface area contributed by atoms with Crippen LogP contribution in [0.2, 0.25) is 0 Å². The number of nitrogens with zero attached hydrogens (tertiary/aromatic N) is 2. The minimum atomic E-state index is 0.577. The molecule has 1 saturated heterocycles. The Kier molecular flexibility index (Phi) is 3.78. The Morgan fingerprint density at radius 1 is 1.40 bits per heavy atom. The minimum absolute atomic E-state index is 0.577. The molecule has 0 spiro atoms. The number of likely N-dealkylation sites (tertiary alicyclic amines) is 1. The molecule has 1 aromatic carbocycles. The number of rotatable bonds is 5. The quantitative estimate of drug-likeness (QED) is 0.820. The van der Waals surface area contributed by atoms with Crippen molar-refractivity contribution in [2.45, 2.75) is 19.8 Å². The Labute approximate surface area is 119 Å². The molecule has 5 heteroatoms. The third-order valence-corrected chi connectivity index (χ3v) is 3.78. The average Bonchev–Trinajstić information content (AvgIpc) is 3.04. The highest BCUT2D eigenvalue weighted by molar-refractivity contribution is 5.78. The Morgan fingerprint density at radius 2 is 2.20 bits per heavy atom. The predicted molar refractivity (Wildman–Crippen MR) is 81.7 cm³/mol. The summed E-state index contributed by atoms with van der Waals surface area (Å²) < 4.78 is 5.65. The van der Waals surface area contributed by atoms with Crippen LogP contribution in [-0.4, -0.2) is 36.1 Å². The van der Waals surface area contributed by atoms with E-state index >= 15 is 0 Å². The lowest BCUT2D eigenvalue weighted by Crippen LogP contribution is -2.28. The summed E-state index contributed by atoms with van der Waals surface area (Å²) in [6.45, 7) is 6.75. The second kappa shape index (κ2) is 5.71. The summed E-state index contributed by atoms with van der Waals surface area (Å²) in [5, 5.41) is 3.28. The zero-order chi connectivity index (χ0) is 13.9. The predicted octanol–water partition coefficient (Wildman–Crippen LogP) is 2.55. The van der Waals surface area contributed by atoms with Crippen LogP contribution in [0.5, 0.6) is 0 Å². The number of fused-ring (bicyclic) bond motifs is 1. The Balaban J connectivity index is 1.56. The van der Waals surface area contributed by atoms with Gasteiger partial charge in [0.15, 0.2) is 5.58 Å². The number of hydrogen-bond donors (Lipinski definition) is 2. The molecule has 1 unspecified atom stereocenters. The molecule has 3 N–H and O–H groups in total. The van der Waals surface area contributed by atoms with Crippen molar-refractivity contribution in [1.82, 2.24) is 9.88 Å². The van der Waals surface area contributed by atoms with Crippen molar-refractivity contribution < 1.29 is 4.42 Å². The van der Waals surface area contributed by atoms with Crippen LogP contribution >= 0.6 is 0 Å². The number of nitrogen functional groups attached to an aromatic ring is 1. The van der Waals surface area contributed by atoms with Gasteiger partial charge in [0.2, 0.25) is 0 Å². The van der Waals surface area contributed by atoms with Crippen molar-refractivity contribution in [2.75, 3.05) is 37.2 Å². The van der Waals surface area contributed by atoms with Gasteiger partial charge in [-0.1, -0.05) is 6.92 Å². The molecule has 108 valence electrons. The standard InChI is InChI=1S/C15H22N4O/c1-11(10-19-6-2-3-7-19)9-17-15-18-13-8-12(16)4-5-14(13)20-15/h4-5,8,11H,2-3,6-7,9-10,16H2,1H3,(H,17,18). The van der Waals surface area contributed by atoms with Gasteiger partial charge in [-0.05, 0) is 50.0 Å². The van der Waals surface area contributed by atoms with Crippen molar-refractivity contribution in [3.05, 3.63) is 18.2 Å². The highest BCUT2D eigenvalue weighted by atomic mass is 16.4. The normalized spacial score (nSPS) is 17.6. The summed E-state index contributed by atoms with van der Waals surface area (Å²) >= 11 is 0. The van der Waals surface area contributed by atoms with Crippen LogP contribution in [0, 0.1) is 5.92 Å². The van der Waals surface area contributed by atoms with Gasteiger partial charge in [-0.2, -0.15) is 4.98 Å². The first-order valence-electron chi connectivity index (χ1n) is 7.33. The summed E-state index contributed by atoms with van der Waals surface area (Å²) in [6.07, 6.45) is 2.68. The summed E-state index contributed by atoms with van der Waals surface area (Å²) in [5.74, 6) is 0.577. The maximum atomic E-state index is 5.74. The van der Waals surface area contributed by atoms with Crippen LogP contribution in [0.25, 0.3) is 11.1 Å². The second-order valence-corrected chi connectivity index (χ2v) is 5.74. The largest absolute Gasteiger partial charge is 0.424 e. The van der Waals surface area contributed by atoms with Gasteiger partial charge in [-0.25, -0.2) is 0 Å². The van der Waals surface area contributed by atoms with E-state index < -0.39 is 0 Å². The summed E-state index contributed by atoms with van der Waals surface area (Å²) in [7, 11) is 0. The lowest BCUT2D eigenvalue weighted by Gasteiger charge is -2.19. The van der Waals surface area contributed by atoms with Crippen molar-refractivity contribution in [3.63, 3.8) is 0 Å². The molecule has 0 radical (unpaired) electrons. The monoisotopic (exact) mass is 274 g/mol. The number of oxazole rings is 1. The van der Waals surface area contributed by atoms with E-state index in [2.05, 4.69) is 22.1 Å². The fraction of sp³-hybridized carbons (Fsp3) is 0.533. The summed E-state index contributed by atoms with van der Waals surface area (Å²) in [4.78, 5) is 6.93. The fourth-order valence-electron chi connectivity index (χ4n) is 2.75. The van der Waals surface area contributed by atoms with E-state index in [0.29, 0.717) is 17.6 Å². The second-order valence-electron chi connectivity index (χ2n) is 5.74. The van der Waals surface area contributed by atoms with Gasteiger partial charge in [0, 0.05) is 18.8 Å². The molecule has 3 rings (SSSR count). The van der Waals surface area contributed by atoms with Crippen LogP contribution in [0.15, 0.2) is 22.6 Å². The first kappa shape index (κ1) is 13.2. The molecule has 0 saturated carbocycles. The molecule has 1 aromatic heterocycles. The van der Waals surface area contributed by atoms with Crippen LogP contribution < -0.4 is 11.1 Å². The van der Waals surface area contributed by atoms with Crippen molar-refractivity contribution in [3.8, 4) is 0 Å². The summed E-state index contributed by atoms with van der Waals surface area (Å²) in [6, 6.07) is 6.10. The third-order valence-electron chi connectivity index (χ3n) is 3.78. The van der Waals surface area contributed by atoms with E-state index in [9.17, 15) is 0 Å². The molecule has 0 bridgehead atoms. The van der Waals surface area contributed by atoms with Gasteiger partial charge in [-0.3, -0.25) is 0 Å². The van der Waals surface area contributed by atoms with E-state index in [1.807, 2.05) is 18.2 Å². The maximum Gasteiger partial charge on any atom is 0.295 e. The first-order chi connectivity index (χ1) is 9.70. The van der Waals surface area contributed by atoms with E-state index in [4.69, 9.17) is 10.2 Å². The lowest BCUT2D eigenvalue weighted by atomic mass is 10.1. The first-order valence-corrected chi connectivity index (χ1v) is 7.33. The zero-order valence-corrected chi connectivity index (χ0v) is 11.9. The Bertz CT molecular complexity index is 574. The van der Waals surface area contributed by atoms with E-state index in [1.54, 1.807) is 0 Å². The van der Waals surface area contributed by atoms with Crippen molar-refractivity contribution in [1.29, 1.82) is 0 Å². The molecule has 1 atom stereocenters. The van der Waals surface area contributed by atoms with Gasteiger partial charge < -0.3 is 20.4 Å². The Morgan fingerprint density at radius 3 is 3.00 bits per heavy atom. The molecule has 0 aliphatic carbocycles. The highest BCUT2D eigenvalue weighted by Crippen LogP contribution is 2.21. The van der Waals surface area contributed by atoms with Crippen LogP contribution in [0.1, 0.15) is 19.8 Å². The van der Waals surface area contributed by atoms with Gasteiger partial charge in [-0.15, -0.1) is 0 Å². The number of nitrogens with two attached hydrogens (primary N) is 1. The SMILES string of the molecule is CC(CNc1nc2cc(N)ccc2o1)CN1CCCC1. The molecule has 0 amide bonds. The van der Waals surface area contributed by atoms with E-state index in [0.717, 1.165) is 24.2 Å². The molecule has 1 fully saturated rings. The smallest absolute Gasteiger partial charge is 0.295 e. The van der Waals surface area contributed by atoms with Crippen LogP contribution in [0.3, 0.4) is 0 Å². The maximum absolute atomic E-state index is 5.74. The number of anilines is 2. The molecule has 2 heterocycles. The highest BCUT2D eigenvalue weighted by Gasteiger charge is 2.15. The number of nitrogens with one attached hydrogen (secondary N) is 1. The minimum Gasteiger partial charge on any atom is -0.424 e. The lowest BCUT2D eigenvalue weighted by molar-refractivity contribution is 0.293. The van der Waals surface area contributed by atoms with Crippen molar-refractivity contribution >= 4 is 22.8 Å². The van der Waals surface area contributed by atoms with Gasteiger partial charge >= 0.3 is 0 Å². The number of aromatic nitrogens is 1. The average molecular weight is 274 g/mol. The topological polar surface area (TPSA) is 67.3 Å². The molecule has 20 heavy (non-hydrogen) atoms. The molecule has 5 nitrogen and oxygen atoms in total. The molecule has 2 aromatic rings. The molecular formula is C15H22N4O. The fourth-order valence-corrected chi connectivity index (χ4v) is 2.75. The van der Waals surface area contributed by atoms with Gasteiger partial charge in [0.1, 0.15) is 5.52 Å². The molecular weight excluding hydrogens is 252 g/mol. The van der Waals surface area contributed by atoms with Crippen molar-refractivity contribution in [2.24, 2.45) is 5.92 Å². The van der Waals surface area contributed by atoms with Gasteiger partial charge in [0.25, 0.3) is 6.01 Å².